The number of rotatable bonds is 8. The molecule has 1 unspecified atom stereocenters. The van der Waals surface area contributed by atoms with E-state index in [9.17, 15) is 22.3 Å². The lowest BCUT2D eigenvalue weighted by Gasteiger charge is -2.27. The summed E-state index contributed by atoms with van der Waals surface area (Å²) in [5.74, 6) is 4.60. The third kappa shape index (κ3) is 6.00. The van der Waals surface area contributed by atoms with Crippen molar-refractivity contribution in [2.45, 2.75) is 74.3 Å². The van der Waals surface area contributed by atoms with Crippen molar-refractivity contribution in [3.8, 4) is 23.2 Å². The summed E-state index contributed by atoms with van der Waals surface area (Å²) in [5, 5.41) is 24.3. The molecule has 0 radical (unpaired) electrons. The molecule has 4 aromatic rings. The van der Waals surface area contributed by atoms with E-state index in [1.54, 1.807) is 18.5 Å². The standard InChI is InChI=1S/C29H29F2N9O3S/c30-29(31)12-25(29)39-16-18(13-34-39)1-2-19-14-33-27(11-24(19)36-21-3-5-22(41)6-4-21)37-26-9-10-32-28(38-26)20-15-35-40(17-20)44(42,43)23-7-8-23/h9-11,13-17,21-23,25,41H,3-8,12H2,(H2,32,33,36,37,38). The molecule has 0 amide bonds. The lowest BCUT2D eigenvalue weighted by Crippen LogP contribution is -2.28. The molecule has 3 N–H and O–H groups in total. The van der Waals surface area contributed by atoms with E-state index in [-0.39, 0.29) is 18.6 Å². The zero-order valence-corrected chi connectivity index (χ0v) is 24.3. The number of anilines is 3. The van der Waals surface area contributed by atoms with E-state index in [1.807, 2.05) is 6.07 Å². The van der Waals surface area contributed by atoms with Crippen LogP contribution in [0.4, 0.5) is 26.1 Å². The van der Waals surface area contributed by atoms with Crippen LogP contribution in [0.2, 0.25) is 0 Å². The Kier molecular flexibility index (Phi) is 7.05. The molecule has 0 spiro atoms. The van der Waals surface area contributed by atoms with Crippen LogP contribution in [0.1, 0.15) is 62.1 Å². The van der Waals surface area contributed by atoms with Gasteiger partial charge in [0.05, 0.1) is 52.3 Å². The average molecular weight is 622 g/mol. The van der Waals surface area contributed by atoms with E-state index in [1.165, 1.54) is 29.5 Å². The molecular weight excluding hydrogens is 592 g/mol. The van der Waals surface area contributed by atoms with Gasteiger partial charge >= 0.3 is 0 Å². The van der Waals surface area contributed by atoms with Crippen LogP contribution in [0.3, 0.4) is 0 Å². The summed E-state index contributed by atoms with van der Waals surface area (Å²) < 4.78 is 54.2. The largest absolute Gasteiger partial charge is 0.393 e. The summed E-state index contributed by atoms with van der Waals surface area (Å²) >= 11 is 0. The predicted octanol–water partition coefficient (Wildman–Crippen LogP) is 3.71. The second kappa shape index (κ2) is 10.9. The maximum absolute atomic E-state index is 13.4. The van der Waals surface area contributed by atoms with Gasteiger partial charge in [-0.15, -0.1) is 0 Å². The highest BCUT2D eigenvalue weighted by Crippen LogP contribution is 2.52. The van der Waals surface area contributed by atoms with Gasteiger partial charge in [0.25, 0.3) is 15.9 Å². The number of hydrogen-bond acceptors (Lipinski definition) is 10. The quantitative estimate of drug-likeness (QED) is 0.248. The minimum atomic E-state index is -3.51. The van der Waals surface area contributed by atoms with Crippen LogP contribution in [-0.4, -0.2) is 70.8 Å². The van der Waals surface area contributed by atoms with Gasteiger partial charge in [-0.3, -0.25) is 4.68 Å². The van der Waals surface area contributed by atoms with Crippen LogP contribution in [0.25, 0.3) is 11.4 Å². The van der Waals surface area contributed by atoms with Gasteiger partial charge in [0, 0.05) is 37.1 Å². The molecule has 4 aromatic heterocycles. The molecule has 12 nitrogen and oxygen atoms in total. The number of aliphatic hydroxyl groups excluding tert-OH is 1. The molecule has 1 atom stereocenters. The number of halogens is 2. The Morgan fingerprint density at radius 2 is 1.77 bits per heavy atom. The molecule has 4 heterocycles. The third-order valence-corrected chi connectivity index (χ3v) is 9.99. The molecule has 228 valence electrons. The van der Waals surface area contributed by atoms with E-state index < -0.39 is 27.2 Å². The minimum absolute atomic E-state index is 0.128. The van der Waals surface area contributed by atoms with Crippen molar-refractivity contribution < 1.29 is 22.3 Å². The van der Waals surface area contributed by atoms with Gasteiger partial charge in [-0.05, 0) is 44.6 Å². The first kappa shape index (κ1) is 28.4. The maximum atomic E-state index is 13.4. The number of aromatic nitrogens is 7. The zero-order valence-electron chi connectivity index (χ0n) is 23.4. The molecule has 0 bridgehead atoms. The van der Waals surface area contributed by atoms with Crippen LogP contribution in [-0.2, 0) is 10.0 Å². The normalized spacial score (nSPS) is 22.6. The highest BCUT2D eigenvalue weighted by Gasteiger charge is 2.59. The molecule has 3 fully saturated rings. The molecule has 0 aromatic carbocycles. The summed E-state index contributed by atoms with van der Waals surface area (Å²) in [4.78, 5) is 13.3. The Hall–Kier alpha value is -4.42. The monoisotopic (exact) mass is 621 g/mol. The van der Waals surface area contributed by atoms with E-state index in [0.717, 1.165) is 22.6 Å². The summed E-state index contributed by atoms with van der Waals surface area (Å²) in [5.41, 5.74) is 2.31. The molecule has 3 aliphatic carbocycles. The van der Waals surface area contributed by atoms with Gasteiger partial charge in [0.1, 0.15) is 17.7 Å². The van der Waals surface area contributed by atoms with Crippen LogP contribution in [0.5, 0.6) is 0 Å². The SMILES string of the molecule is O=S(=O)(C1CC1)n1cc(-c2nccc(Nc3cc(NC4CCC(O)CC4)c(C#Cc4cnn(C5CC5(F)F)c4)cn3)n2)cn1. The van der Waals surface area contributed by atoms with Crippen LogP contribution in [0, 0.1) is 11.8 Å². The summed E-state index contributed by atoms with van der Waals surface area (Å²) in [6.45, 7) is 0. The van der Waals surface area contributed by atoms with E-state index >= 15 is 0 Å². The van der Waals surface area contributed by atoms with Crippen LogP contribution < -0.4 is 10.6 Å². The second-order valence-electron chi connectivity index (χ2n) is 11.4. The zero-order chi connectivity index (χ0) is 30.5. The van der Waals surface area contributed by atoms with Crippen molar-refractivity contribution in [1.29, 1.82) is 0 Å². The topological polar surface area (TPSA) is 153 Å². The predicted molar refractivity (Wildman–Crippen MR) is 157 cm³/mol. The first-order chi connectivity index (χ1) is 21.1. The Labute approximate surface area is 252 Å². The number of nitrogens with zero attached hydrogens (tertiary/aromatic N) is 7. The van der Waals surface area contributed by atoms with Crippen molar-refractivity contribution in [2.75, 3.05) is 10.6 Å². The first-order valence-electron chi connectivity index (χ1n) is 14.4. The van der Waals surface area contributed by atoms with Crippen molar-refractivity contribution in [3.05, 3.63) is 60.4 Å². The van der Waals surface area contributed by atoms with Crippen molar-refractivity contribution in [1.82, 2.24) is 33.9 Å². The highest BCUT2D eigenvalue weighted by atomic mass is 32.2. The van der Waals surface area contributed by atoms with Gasteiger partial charge in [0.15, 0.2) is 5.82 Å². The highest BCUT2D eigenvalue weighted by molar-refractivity contribution is 7.90. The fourth-order valence-corrected chi connectivity index (χ4v) is 6.63. The lowest BCUT2D eigenvalue weighted by atomic mass is 9.93. The van der Waals surface area contributed by atoms with Crippen LogP contribution >= 0.6 is 0 Å². The number of pyridine rings is 1. The summed E-state index contributed by atoms with van der Waals surface area (Å²) in [7, 11) is -3.51. The Morgan fingerprint density at radius 1 is 0.977 bits per heavy atom. The Morgan fingerprint density at radius 3 is 2.52 bits per heavy atom. The molecule has 3 aliphatic rings. The Balaban J connectivity index is 1.12. The van der Waals surface area contributed by atoms with Gasteiger partial charge in [-0.1, -0.05) is 11.8 Å². The maximum Gasteiger partial charge on any atom is 0.272 e. The minimum Gasteiger partial charge on any atom is -0.393 e. The van der Waals surface area contributed by atoms with Crippen molar-refractivity contribution in [3.63, 3.8) is 0 Å². The Bertz CT molecular complexity index is 1870. The number of aliphatic hydroxyl groups is 1. The smallest absolute Gasteiger partial charge is 0.272 e. The van der Waals surface area contributed by atoms with Crippen LogP contribution in [0.15, 0.2) is 49.3 Å². The van der Waals surface area contributed by atoms with Crippen molar-refractivity contribution >= 4 is 27.3 Å². The fraction of sp³-hybridized carbons (Fsp3) is 0.414. The van der Waals surface area contributed by atoms with E-state index in [2.05, 4.69) is 47.6 Å². The van der Waals surface area contributed by atoms with E-state index in [0.29, 0.717) is 59.8 Å². The third-order valence-electron chi connectivity index (χ3n) is 7.95. The van der Waals surface area contributed by atoms with Gasteiger partial charge in [-0.2, -0.15) is 14.3 Å². The molecule has 44 heavy (non-hydrogen) atoms. The molecule has 3 saturated carbocycles. The fourth-order valence-electron chi connectivity index (χ4n) is 5.16. The number of nitrogens with one attached hydrogen (secondary N) is 2. The number of alkyl halides is 2. The van der Waals surface area contributed by atoms with Crippen molar-refractivity contribution in [2.24, 2.45) is 0 Å². The molecule has 0 aliphatic heterocycles. The van der Waals surface area contributed by atoms with E-state index in [4.69, 9.17) is 0 Å². The summed E-state index contributed by atoms with van der Waals surface area (Å²) in [6.07, 6.45) is 12.7. The lowest BCUT2D eigenvalue weighted by molar-refractivity contribution is 0.0983. The van der Waals surface area contributed by atoms with Gasteiger partial charge in [-0.25, -0.2) is 32.2 Å². The average Bonchev–Trinajstić information content (AvgIpc) is 3.83. The second-order valence-corrected chi connectivity index (χ2v) is 13.5. The first-order valence-corrected chi connectivity index (χ1v) is 15.9. The molecule has 7 rings (SSSR count). The van der Waals surface area contributed by atoms with Gasteiger partial charge in [0.2, 0.25) is 0 Å². The molecule has 0 saturated heterocycles. The number of hydrogen-bond donors (Lipinski definition) is 3. The molecule has 15 heteroatoms. The van der Waals surface area contributed by atoms with Gasteiger partial charge < -0.3 is 15.7 Å². The summed E-state index contributed by atoms with van der Waals surface area (Å²) in [6, 6.07) is 2.69. The molecular formula is C29H29F2N9O3S.